The molecule has 0 spiro atoms. The summed E-state index contributed by atoms with van der Waals surface area (Å²) in [4.78, 5) is 25.4. The maximum Gasteiger partial charge on any atom is 0.254 e. The van der Waals surface area contributed by atoms with E-state index >= 15 is 0 Å². The molecular weight excluding hydrogens is 307 g/mol. The first-order chi connectivity index (χ1) is 11.6. The molecule has 0 fully saturated rings. The predicted molar refractivity (Wildman–Crippen MR) is 90.6 cm³/mol. The fourth-order valence-corrected chi connectivity index (χ4v) is 2.93. The van der Waals surface area contributed by atoms with Crippen LogP contribution in [0.4, 0.5) is 10.1 Å². The van der Waals surface area contributed by atoms with E-state index < -0.39 is 11.7 Å². The van der Waals surface area contributed by atoms with E-state index in [0.29, 0.717) is 19.4 Å². The van der Waals surface area contributed by atoms with E-state index in [1.165, 1.54) is 12.1 Å². The molecule has 3 rings (SSSR count). The van der Waals surface area contributed by atoms with Gasteiger partial charge in [0.15, 0.2) is 0 Å². The number of amides is 2. The molecule has 2 aromatic rings. The molecule has 4 nitrogen and oxygen atoms in total. The molecule has 0 aliphatic carbocycles. The van der Waals surface area contributed by atoms with Crippen LogP contribution in [0.25, 0.3) is 0 Å². The van der Waals surface area contributed by atoms with E-state index in [1.54, 1.807) is 24.1 Å². The van der Waals surface area contributed by atoms with Crippen LogP contribution in [0.3, 0.4) is 0 Å². The highest BCUT2D eigenvalue weighted by atomic mass is 19.1. The molecule has 24 heavy (non-hydrogen) atoms. The Morgan fingerprint density at radius 1 is 1.21 bits per heavy atom. The second-order valence-electron chi connectivity index (χ2n) is 5.90. The van der Waals surface area contributed by atoms with Gasteiger partial charge in [-0.25, -0.2) is 4.39 Å². The number of carbonyl (C=O) groups excluding carboxylic acids is 2. The van der Waals surface area contributed by atoms with Crippen molar-refractivity contribution in [2.75, 3.05) is 18.5 Å². The summed E-state index contributed by atoms with van der Waals surface area (Å²) in [6, 6.07) is 11.9. The standard InChI is InChI=1S/C19H19FN2O2/c1-22-17-8-6-13(12-14(17)7-9-18(22)23)10-11-21-19(24)15-4-2-3-5-16(15)20/h2-6,8,12H,7,9-11H2,1H3,(H,21,24). The normalized spacial score (nSPS) is 13.6. The molecular formula is C19H19FN2O2. The lowest BCUT2D eigenvalue weighted by Crippen LogP contribution is -2.31. The molecule has 0 saturated heterocycles. The molecule has 0 atom stereocenters. The Hall–Kier alpha value is -2.69. The van der Waals surface area contributed by atoms with Gasteiger partial charge in [0.2, 0.25) is 5.91 Å². The first kappa shape index (κ1) is 16.2. The molecule has 1 heterocycles. The number of benzene rings is 2. The first-order valence-corrected chi connectivity index (χ1v) is 7.97. The molecule has 124 valence electrons. The lowest BCUT2D eigenvalue weighted by molar-refractivity contribution is -0.118. The van der Waals surface area contributed by atoms with Gasteiger partial charge in [-0.2, -0.15) is 0 Å². The van der Waals surface area contributed by atoms with Gasteiger partial charge in [0, 0.05) is 25.7 Å². The van der Waals surface area contributed by atoms with Gasteiger partial charge in [0.05, 0.1) is 5.56 Å². The number of fused-ring (bicyclic) bond motifs is 1. The molecule has 2 aromatic carbocycles. The summed E-state index contributed by atoms with van der Waals surface area (Å²) in [5, 5.41) is 2.74. The third kappa shape index (κ3) is 3.30. The summed E-state index contributed by atoms with van der Waals surface area (Å²) in [6.07, 6.45) is 1.93. The Morgan fingerprint density at radius 2 is 2.00 bits per heavy atom. The lowest BCUT2D eigenvalue weighted by Gasteiger charge is -2.26. The third-order valence-electron chi connectivity index (χ3n) is 4.31. The number of hydrogen-bond donors (Lipinski definition) is 1. The van der Waals surface area contributed by atoms with E-state index in [1.807, 2.05) is 12.1 Å². The molecule has 0 radical (unpaired) electrons. The van der Waals surface area contributed by atoms with Gasteiger partial charge in [-0.05, 0) is 42.2 Å². The van der Waals surface area contributed by atoms with Crippen LogP contribution in [0.5, 0.6) is 0 Å². The predicted octanol–water partition coefficient (Wildman–Crippen LogP) is 2.71. The zero-order chi connectivity index (χ0) is 17.1. The molecule has 0 aromatic heterocycles. The number of hydrogen-bond acceptors (Lipinski definition) is 2. The average molecular weight is 326 g/mol. The maximum atomic E-state index is 13.6. The number of anilines is 1. The van der Waals surface area contributed by atoms with Crippen molar-refractivity contribution >= 4 is 17.5 Å². The van der Waals surface area contributed by atoms with E-state index in [4.69, 9.17) is 0 Å². The van der Waals surface area contributed by atoms with Gasteiger partial charge >= 0.3 is 0 Å². The maximum absolute atomic E-state index is 13.6. The zero-order valence-electron chi connectivity index (χ0n) is 13.5. The Balaban J connectivity index is 1.61. The largest absolute Gasteiger partial charge is 0.352 e. The van der Waals surface area contributed by atoms with Crippen molar-refractivity contribution in [1.82, 2.24) is 5.32 Å². The van der Waals surface area contributed by atoms with Crippen molar-refractivity contribution < 1.29 is 14.0 Å². The summed E-state index contributed by atoms with van der Waals surface area (Å²) in [6.45, 7) is 0.431. The van der Waals surface area contributed by atoms with Crippen LogP contribution >= 0.6 is 0 Å². The van der Waals surface area contributed by atoms with Crippen LogP contribution in [0.15, 0.2) is 42.5 Å². The van der Waals surface area contributed by atoms with Gasteiger partial charge in [-0.15, -0.1) is 0 Å². The number of nitrogens with zero attached hydrogens (tertiary/aromatic N) is 1. The molecule has 1 aliphatic rings. The van der Waals surface area contributed by atoms with Crippen molar-refractivity contribution in [3.63, 3.8) is 0 Å². The summed E-state index contributed by atoms with van der Waals surface area (Å²) in [7, 11) is 1.79. The fraction of sp³-hybridized carbons (Fsp3) is 0.263. The van der Waals surface area contributed by atoms with Crippen LogP contribution in [-0.2, 0) is 17.6 Å². The van der Waals surface area contributed by atoms with Crippen molar-refractivity contribution in [2.45, 2.75) is 19.3 Å². The molecule has 1 N–H and O–H groups in total. The summed E-state index contributed by atoms with van der Waals surface area (Å²) in [5.74, 6) is -0.791. The number of carbonyl (C=O) groups is 2. The first-order valence-electron chi connectivity index (χ1n) is 7.97. The highest BCUT2D eigenvalue weighted by molar-refractivity contribution is 5.96. The monoisotopic (exact) mass is 326 g/mol. The minimum Gasteiger partial charge on any atom is -0.352 e. The van der Waals surface area contributed by atoms with Gasteiger partial charge in [0.25, 0.3) is 5.91 Å². The zero-order valence-corrected chi connectivity index (χ0v) is 13.5. The Labute approximate surface area is 140 Å². The van der Waals surface area contributed by atoms with Crippen molar-refractivity contribution in [3.8, 4) is 0 Å². The Morgan fingerprint density at radius 3 is 2.79 bits per heavy atom. The second-order valence-corrected chi connectivity index (χ2v) is 5.90. The Kier molecular flexibility index (Phi) is 4.60. The van der Waals surface area contributed by atoms with Gasteiger partial charge in [-0.3, -0.25) is 9.59 Å². The number of nitrogens with one attached hydrogen (secondary N) is 1. The van der Waals surface area contributed by atoms with Crippen LogP contribution in [0.2, 0.25) is 0 Å². The molecule has 1 aliphatic heterocycles. The highest BCUT2D eigenvalue weighted by Gasteiger charge is 2.20. The fourth-order valence-electron chi connectivity index (χ4n) is 2.93. The highest BCUT2D eigenvalue weighted by Crippen LogP contribution is 2.27. The van der Waals surface area contributed by atoms with Gasteiger partial charge in [0.1, 0.15) is 5.82 Å². The number of aryl methyl sites for hydroxylation is 1. The van der Waals surface area contributed by atoms with E-state index in [0.717, 1.165) is 23.2 Å². The van der Waals surface area contributed by atoms with Crippen molar-refractivity contribution in [1.29, 1.82) is 0 Å². The van der Waals surface area contributed by atoms with Crippen LogP contribution in [0.1, 0.15) is 27.9 Å². The topological polar surface area (TPSA) is 49.4 Å². The summed E-state index contributed by atoms with van der Waals surface area (Å²) >= 11 is 0. The quantitative estimate of drug-likeness (QED) is 0.939. The number of halogens is 1. The van der Waals surface area contributed by atoms with Gasteiger partial charge < -0.3 is 10.2 Å². The lowest BCUT2D eigenvalue weighted by atomic mass is 9.98. The van der Waals surface area contributed by atoms with Crippen molar-refractivity contribution in [2.24, 2.45) is 0 Å². The minimum atomic E-state index is -0.517. The Bertz CT molecular complexity index is 789. The summed E-state index contributed by atoms with van der Waals surface area (Å²) < 4.78 is 13.6. The van der Waals surface area contributed by atoms with Crippen LogP contribution in [-0.4, -0.2) is 25.4 Å². The molecule has 2 amide bonds. The van der Waals surface area contributed by atoms with Crippen molar-refractivity contribution in [3.05, 3.63) is 65.0 Å². The molecule has 5 heteroatoms. The average Bonchev–Trinajstić information content (AvgIpc) is 2.58. The molecule has 0 saturated carbocycles. The third-order valence-corrected chi connectivity index (χ3v) is 4.31. The molecule has 0 bridgehead atoms. The summed E-state index contributed by atoms with van der Waals surface area (Å²) in [5.41, 5.74) is 3.24. The van der Waals surface area contributed by atoms with E-state index in [2.05, 4.69) is 11.4 Å². The second kappa shape index (κ2) is 6.83. The smallest absolute Gasteiger partial charge is 0.254 e. The number of rotatable bonds is 4. The van der Waals surface area contributed by atoms with Gasteiger partial charge in [-0.1, -0.05) is 24.3 Å². The van der Waals surface area contributed by atoms with E-state index in [9.17, 15) is 14.0 Å². The SMILES string of the molecule is CN1C(=O)CCc2cc(CCNC(=O)c3ccccc3F)ccc21. The van der Waals surface area contributed by atoms with E-state index in [-0.39, 0.29) is 11.5 Å². The molecule has 0 unspecified atom stereocenters. The minimum absolute atomic E-state index is 0.0584. The van der Waals surface area contributed by atoms with Crippen LogP contribution in [0, 0.1) is 5.82 Å². The van der Waals surface area contributed by atoms with Crippen LogP contribution < -0.4 is 10.2 Å².